The summed E-state index contributed by atoms with van der Waals surface area (Å²) in [4.78, 5) is 48.3. The molecule has 2 atom stereocenters. The third-order valence-corrected chi connectivity index (χ3v) is 15.0. The van der Waals surface area contributed by atoms with Crippen molar-refractivity contribution in [3.05, 3.63) is 0 Å². The monoisotopic (exact) mass is 1110 g/mol. The molecule has 0 aliphatic carbocycles. The quantitative estimate of drug-likeness (QED) is 0.0182. The minimum atomic E-state index is -5.00. The van der Waals surface area contributed by atoms with E-state index in [9.17, 15) is 45.1 Å². The Labute approximate surface area is 476 Å². The number of hydrogen-bond donors (Lipinski definition) is 0. The predicted octanol–water partition coefficient (Wildman–Crippen LogP) is 14.1. The third kappa shape index (κ3) is 54.1. The molecule has 73 heavy (non-hydrogen) atoms. The van der Waals surface area contributed by atoms with Gasteiger partial charge in [-0.3, -0.25) is 19.2 Å². The van der Waals surface area contributed by atoms with Crippen molar-refractivity contribution in [3.8, 4) is 0 Å². The van der Waals surface area contributed by atoms with E-state index in [0.29, 0.717) is 25.7 Å². The van der Waals surface area contributed by atoms with Gasteiger partial charge in [-0.2, -0.15) is 0 Å². The van der Waals surface area contributed by atoms with Crippen LogP contribution in [0.3, 0.4) is 0 Å². The summed E-state index contributed by atoms with van der Waals surface area (Å²) in [5, 5.41) is -4.08. The summed E-state index contributed by atoms with van der Waals surface area (Å²) >= 11 is 0. The molecule has 0 rings (SSSR count). The maximum absolute atomic E-state index is 12.1. The fourth-order valence-corrected chi connectivity index (χ4v) is 9.58. The van der Waals surface area contributed by atoms with E-state index >= 15 is 0 Å². The van der Waals surface area contributed by atoms with E-state index in [-0.39, 0.29) is 64.2 Å². The van der Waals surface area contributed by atoms with Crippen LogP contribution in [0.5, 0.6) is 0 Å². The number of rotatable bonds is 52. The molecule has 0 N–H and O–H groups in total. The van der Waals surface area contributed by atoms with Gasteiger partial charge in [0.2, 0.25) is 0 Å². The maximum Gasteiger partial charge on any atom is 2.00 e. The van der Waals surface area contributed by atoms with E-state index in [4.69, 9.17) is 18.9 Å². The van der Waals surface area contributed by atoms with Gasteiger partial charge >= 0.3 is 61.6 Å². The first kappa shape index (κ1) is 76.2. The number of hydrogen-bond acceptors (Lipinski definition) is 14. The van der Waals surface area contributed by atoms with Gasteiger partial charge in [0, 0.05) is 0 Å². The summed E-state index contributed by atoms with van der Waals surface area (Å²) in [5.41, 5.74) is 0. The molecule has 0 aliphatic heterocycles. The molecule has 2 unspecified atom stereocenters. The standard InChI is InChI=1S/2C28H54O7S.Ca/c2*1-3-5-7-9-11-13-15-17-19-21-23-34-27(29)25-26(36(31,32)33)28(30)35-24-22-20-18-16-14-12-10-8-6-4-2;/h2*26H,3-25H2,1-2H3,(H,31,32,33);/q;;+2/p-2. The molecule has 0 saturated heterocycles. The molecule has 0 aromatic carbocycles. The summed E-state index contributed by atoms with van der Waals surface area (Å²) < 4.78 is 89.1. The zero-order valence-electron chi connectivity index (χ0n) is 46.9. The zero-order chi connectivity index (χ0) is 53.8. The molecule has 17 heteroatoms. The van der Waals surface area contributed by atoms with Crippen LogP contribution in [0.15, 0.2) is 0 Å². The first-order valence-corrected chi connectivity index (χ1v) is 32.1. The molecule has 0 aliphatic rings. The van der Waals surface area contributed by atoms with Gasteiger partial charge in [0.25, 0.3) is 0 Å². The van der Waals surface area contributed by atoms with Crippen molar-refractivity contribution >= 4 is 81.9 Å². The molecule has 14 nitrogen and oxygen atoms in total. The van der Waals surface area contributed by atoms with Crippen LogP contribution in [0, 0.1) is 0 Å². The van der Waals surface area contributed by atoms with Crippen LogP contribution < -0.4 is 0 Å². The normalized spacial score (nSPS) is 12.2. The van der Waals surface area contributed by atoms with Crippen molar-refractivity contribution < 1.29 is 64.1 Å². The molecule has 0 aromatic rings. The van der Waals surface area contributed by atoms with Gasteiger partial charge < -0.3 is 28.1 Å². The molecule has 0 bridgehead atoms. The van der Waals surface area contributed by atoms with Gasteiger partial charge in [-0.1, -0.05) is 259 Å². The molecule has 0 amide bonds. The van der Waals surface area contributed by atoms with Gasteiger partial charge in [0.1, 0.15) is 20.2 Å². The molecule has 428 valence electrons. The number of esters is 4. The van der Waals surface area contributed by atoms with E-state index in [0.717, 1.165) is 77.0 Å². The molecule has 0 radical (unpaired) electrons. The number of carbonyl (C=O) groups excluding carboxylic acids is 4. The maximum atomic E-state index is 12.1. The molecular weight excluding hydrogens is 1000 g/mol. The summed E-state index contributed by atoms with van der Waals surface area (Å²) in [6.07, 6.45) is 43.7. The zero-order valence-corrected chi connectivity index (χ0v) is 50.8. The van der Waals surface area contributed by atoms with Crippen molar-refractivity contribution in [2.45, 2.75) is 308 Å². The van der Waals surface area contributed by atoms with Crippen LogP contribution in [0.1, 0.15) is 297 Å². The number of carbonyl (C=O) groups is 4. The topological polar surface area (TPSA) is 220 Å². The Morgan fingerprint density at radius 2 is 0.466 bits per heavy atom. The fourth-order valence-electron chi connectivity index (χ4n) is 8.29. The van der Waals surface area contributed by atoms with E-state index in [1.807, 2.05) is 0 Å². The van der Waals surface area contributed by atoms with Crippen molar-refractivity contribution in [2.75, 3.05) is 26.4 Å². The fraction of sp³-hybridized carbons (Fsp3) is 0.929. The van der Waals surface area contributed by atoms with Crippen LogP contribution in [0.25, 0.3) is 0 Å². The minimum absolute atomic E-state index is 0. The van der Waals surface area contributed by atoms with Gasteiger partial charge in [0.15, 0.2) is 10.5 Å². The summed E-state index contributed by atoms with van der Waals surface area (Å²) in [5.74, 6) is -4.02. The van der Waals surface area contributed by atoms with Gasteiger partial charge in [-0.05, 0) is 25.7 Å². The largest absolute Gasteiger partial charge is 2.00 e. The Hall–Kier alpha value is -1.04. The Morgan fingerprint density at radius 1 is 0.301 bits per heavy atom. The van der Waals surface area contributed by atoms with Gasteiger partial charge in [-0.15, -0.1) is 0 Å². The Bertz CT molecular complexity index is 1390. The second-order valence-corrected chi connectivity index (χ2v) is 23.0. The second kappa shape index (κ2) is 55.7. The summed E-state index contributed by atoms with van der Waals surface area (Å²) in [7, 11) is -10.0. The van der Waals surface area contributed by atoms with Crippen LogP contribution in [-0.4, -0.2) is 124 Å². The average molecular weight is 1110 g/mol. The SMILES string of the molecule is CCCCCCCCCCCCOC(=O)CC(C(=O)OCCCCCCCCCCCC)S(=O)(=O)[O-].CCCCCCCCCCCCOC(=O)CC(C(=O)OCCCCCCCCCCCC)S(=O)(=O)[O-].[Ca+2]. The second-order valence-electron chi connectivity index (χ2n) is 19.9. The minimum Gasteiger partial charge on any atom is -0.747 e. The molecular formula is C56H106CaO14S2. The Kier molecular flexibility index (Phi) is 58.1. The first-order valence-electron chi connectivity index (χ1n) is 29.2. The number of ether oxygens (including phenoxy) is 4. The average Bonchev–Trinajstić information content (AvgIpc) is 3.33. The molecule has 0 fully saturated rings. The van der Waals surface area contributed by atoms with Crippen molar-refractivity contribution in [2.24, 2.45) is 0 Å². The van der Waals surface area contributed by atoms with Crippen LogP contribution in [0.4, 0.5) is 0 Å². The van der Waals surface area contributed by atoms with E-state index in [1.54, 1.807) is 0 Å². The van der Waals surface area contributed by atoms with Gasteiger partial charge in [0.05, 0.1) is 39.3 Å². The summed E-state index contributed by atoms with van der Waals surface area (Å²) in [6, 6.07) is 0. The van der Waals surface area contributed by atoms with E-state index in [1.165, 1.54) is 154 Å². The third-order valence-electron chi connectivity index (χ3n) is 12.9. The van der Waals surface area contributed by atoms with Crippen molar-refractivity contribution in [1.29, 1.82) is 0 Å². The van der Waals surface area contributed by atoms with Crippen LogP contribution in [-0.2, 0) is 58.4 Å². The van der Waals surface area contributed by atoms with E-state index < -0.39 is 67.5 Å². The molecule has 0 aromatic heterocycles. The summed E-state index contributed by atoms with van der Waals surface area (Å²) in [6.45, 7) is 9.24. The van der Waals surface area contributed by atoms with Crippen molar-refractivity contribution in [1.82, 2.24) is 0 Å². The van der Waals surface area contributed by atoms with Crippen LogP contribution in [0.2, 0.25) is 0 Å². The molecule has 0 spiro atoms. The predicted molar refractivity (Wildman–Crippen MR) is 293 cm³/mol. The Morgan fingerprint density at radius 3 is 0.644 bits per heavy atom. The smallest absolute Gasteiger partial charge is 0.747 e. The first-order chi connectivity index (χ1) is 34.6. The van der Waals surface area contributed by atoms with Crippen LogP contribution >= 0.6 is 0 Å². The van der Waals surface area contributed by atoms with E-state index in [2.05, 4.69) is 27.7 Å². The molecule has 0 heterocycles. The Balaban J connectivity index is -0.00000132. The molecule has 0 saturated carbocycles. The van der Waals surface area contributed by atoms with Crippen molar-refractivity contribution in [3.63, 3.8) is 0 Å². The number of unbranched alkanes of at least 4 members (excludes halogenated alkanes) is 36. The van der Waals surface area contributed by atoms with Gasteiger partial charge in [-0.25, -0.2) is 16.8 Å².